The third-order valence-corrected chi connectivity index (χ3v) is 4.48. The molecule has 3 rings (SSSR count). The van der Waals surface area contributed by atoms with Crippen LogP contribution in [0.2, 0.25) is 0 Å². The SMILES string of the molecule is CSN=Cc1cccc(NC(=O)N2CCc3cc(N(C)C)ccc32)c1. The van der Waals surface area contributed by atoms with Crippen LogP contribution in [0.25, 0.3) is 0 Å². The van der Waals surface area contributed by atoms with Crippen LogP contribution in [0.4, 0.5) is 21.9 Å². The summed E-state index contributed by atoms with van der Waals surface area (Å²) >= 11 is 1.40. The van der Waals surface area contributed by atoms with E-state index >= 15 is 0 Å². The van der Waals surface area contributed by atoms with Crippen molar-refractivity contribution in [3.05, 3.63) is 53.6 Å². The van der Waals surface area contributed by atoms with Gasteiger partial charge in [-0.15, -0.1) is 0 Å². The zero-order valence-electron chi connectivity index (χ0n) is 14.7. The van der Waals surface area contributed by atoms with Gasteiger partial charge in [-0.25, -0.2) is 9.19 Å². The molecule has 130 valence electrons. The van der Waals surface area contributed by atoms with Crippen LogP contribution in [0.1, 0.15) is 11.1 Å². The van der Waals surface area contributed by atoms with Crippen molar-refractivity contribution < 1.29 is 4.79 Å². The molecular formula is C19H22N4OS. The lowest BCUT2D eigenvalue weighted by molar-refractivity contribution is 0.257. The van der Waals surface area contributed by atoms with Gasteiger partial charge in [0.1, 0.15) is 0 Å². The average Bonchev–Trinajstić information content (AvgIpc) is 3.03. The van der Waals surface area contributed by atoms with Crippen LogP contribution in [0, 0.1) is 0 Å². The summed E-state index contributed by atoms with van der Waals surface area (Å²) in [6, 6.07) is 13.8. The molecule has 0 spiro atoms. The number of carbonyl (C=O) groups is 1. The number of fused-ring (bicyclic) bond motifs is 1. The van der Waals surface area contributed by atoms with Crippen molar-refractivity contribution in [2.45, 2.75) is 6.42 Å². The molecule has 1 aliphatic heterocycles. The third-order valence-electron chi connectivity index (χ3n) is 4.17. The number of carbonyl (C=O) groups excluding carboxylic acids is 1. The van der Waals surface area contributed by atoms with E-state index in [2.05, 4.69) is 20.7 Å². The van der Waals surface area contributed by atoms with Crippen LogP contribution in [0.15, 0.2) is 46.9 Å². The van der Waals surface area contributed by atoms with Gasteiger partial charge in [-0.3, -0.25) is 4.90 Å². The van der Waals surface area contributed by atoms with E-state index < -0.39 is 0 Å². The largest absolute Gasteiger partial charge is 0.378 e. The molecule has 0 saturated heterocycles. The number of hydrogen-bond donors (Lipinski definition) is 1. The Balaban J connectivity index is 1.75. The molecule has 1 N–H and O–H groups in total. The van der Waals surface area contributed by atoms with Gasteiger partial charge < -0.3 is 10.2 Å². The summed E-state index contributed by atoms with van der Waals surface area (Å²) in [7, 11) is 4.04. The molecule has 0 bridgehead atoms. The van der Waals surface area contributed by atoms with Crippen molar-refractivity contribution in [1.29, 1.82) is 0 Å². The van der Waals surface area contributed by atoms with Crippen LogP contribution in [0.5, 0.6) is 0 Å². The van der Waals surface area contributed by atoms with E-state index in [0.717, 1.165) is 29.0 Å². The Morgan fingerprint density at radius 2 is 2.12 bits per heavy atom. The highest BCUT2D eigenvalue weighted by molar-refractivity contribution is 7.97. The molecule has 5 nitrogen and oxygen atoms in total. The molecule has 2 amide bonds. The van der Waals surface area contributed by atoms with Gasteiger partial charge in [0, 0.05) is 50.2 Å². The molecule has 0 unspecified atom stereocenters. The summed E-state index contributed by atoms with van der Waals surface area (Å²) in [5, 5.41) is 2.99. The first kappa shape index (κ1) is 17.4. The zero-order valence-corrected chi connectivity index (χ0v) is 15.5. The minimum absolute atomic E-state index is 0.102. The highest BCUT2D eigenvalue weighted by Crippen LogP contribution is 2.31. The van der Waals surface area contributed by atoms with Gasteiger partial charge in [0.05, 0.1) is 0 Å². The first-order chi connectivity index (χ1) is 12.1. The van der Waals surface area contributed by atoms with E-state index in [-0.39, 0.29) is 6.03 Å². The van der Waals surface area contributed by atoms with Gasteiger partial charge >= 0.3 is 6.03 Å². The Hall–Kier alpha value is -2.47. The van der Waals surface area contributed by atoms with Crippen molar-refractivity contribution in [3.63, 3.8) is 0 Å². The van der Waals surface area contributed by atoms with Crippen molar-refractivity contribution >= 4 is 41.3 Å². The fraction of sp³-hybridized carbons (Fsp3) is 0.263. The lowest BCUT2D eigenvalue weighted by atomic mass is 10.1. The van der Waals surface area contributed by atoms with Crippen molar-refractivity contribution in [2.75, 3.05) is 42.0 Å². The summed E-state index contributed by atoms with van der Waals surface area (Å²) in [6.07, 6.45) is 4.58. The molecular weight excluding hydrogens is 332 g/mol. The van der Waals surface area contributed by atoms with Crippen molar-refractivity contribution in [3.8, 4) is 0 Å². The van der Waals surface area contributed by atoms with Gasteiger partial charge in [-0.1, -0.05) is 12.1 Å². The molecule has 2 aromatic rings. The Morgan fingerprint density at radius 1 is 1.28 bits per heavy atom. The predicted molar refractivity (Wildman–Crippen MR) is 108 cm³/mol. The van der Waals surface area contributed by atoms with E-state index in [4.69, 9.17) is 0 Å². The van der Waals surface area contributed by atoms with Gasteiger partial charge in [0.2, 0.25) is 0 Å². The molecule has 1 heterocycles. The summed E-state index contributed by atoms with van der Waals surface area (Å²) in [4.78, 5) is 16.6. The molecule has 0 aromatic heterocycles. The predicted octanol–water partition coefficient (Wildman–Crippen LogP) is 4.04. The fourth-order valence-corrected chi connectivity index (χ4v) is 3.11. The van der Waals surface area contributed by atoms with E-state index in [1.165, 1.54) is 17.5 Å². The minimum Gasteiger partial charge on any atom is -0.378 e. The molecule has 6 heteroatoms. The fourth-order valence-electron chi connectivity index (χ4n) is 2.88. The first-order valence-corrected chi connectivity index (χ1v) is 9.32. The third kappa shape index (κ3) is 3.96. The smallest absolute Gasteiger partial charge is 0.326 e. The lowest BCUT2D eigenvalue weighted by Gasteiger charge is -2.19. The van der Waals surface area contributed by atoms with E-state index in [1.807, 2.05) is 56.7 Å². The Labute approximate surface area is 152 Å². The standard InChI is InChI=1S/C19H22N4OS/c1-22(2)17-7-8-18-15(12-17)9-10-23(18)19(24)21-16-6-4-5-14(11-16)13-20-25-3/h4-8,11-13H,9-10H2,1-3H3,(H,21,24). The maximum atomic E-state index is 12.7. The first-order valence-electron chi connectivity index (χ1n) is 8.14. The van der Waals surface area contributed by atoms with Crippen LogP contribution in [0.3, 0.4) is 0 Å². The van der Waals surface area contributed by atoms with Crippen molar-refractivity contribution in [1.82, 2.24) is 0 Å². The monoisotopic (exact) mass is 354 g/mol. The highest BCUT2D eigenvalue weighted by Gasteiger charge is 2.25. The summed E-state index contributed by atoms with van der Waals surface area (Å²) < 4.78 is 4.16. The molecule has 1 aliphatic rings. The molecule has 0 atom stereocenters. The molecule has 0 saturated carbocycles. The highest BCUT2D eigenvalue weighted by atomic mass is 32.2. The second kappa shape index (κ2) is 7.61. The van der Waals surface area contributed by atoms with Gasteiger partial charge in [-0.2, -0.15) is 0 Å². The summed E-state index contributed by atoms with van der Waals surface area (Å²) in [5.41, 5.74) is 5.09. The van der Waals surface area contributed by atoms with E-state index in [9.17, 15) is 4.79 Å². The van der Waals surface area contributed by atoms with Gasteiger partial charge in [-0.05, 0) is 59.8 Å². The second-order valence-corrected chi connectivity index (χ2v) is 6.66. The quantitative estimate of drug-likeness (QED) is 0.666. The number of benzene rings is 2. The number of hydrogen-bond acceptors (Lipinski definition) is 4. The lowest BCUT2D eigenvalue weighted by Crippen LogP contribution is -2.33. The zero-order chi connectivity index (χ0) is 17.8. The van der Waals surface area contributed by atoms with Crippen LogP contribution in [-0.4, -0.2) is 39.1 Å². The number of rotatable bonds is 4. The average molecular weight is 354 g/mol. The number of anilines is 3. The van der Waals surface area contributed by atoms with E-state index in [1.54, 1.807) is 11.1 Å². The van der Waals surface area contributed by atoms with Gasteiger partial charge in [0.15, 0.2) is 0 Å². The van der Waals surface area contributed by atoms with Crippen molar-refractivity contribution in [2.24, 2.45) is 4.40 Å². The van der Waals surface area contributed by atoms with Crippen LogP contribution in [-0.2, 0) is 6.42 Å². The Kier molecular flexibility index (Phi) is 5.28. The minimum atomic E-state index is -0.102. The number of urea groups is 1. The molecule has 2 aromatic carbocycles. The molecule has 0 fully saturated rings. The normalized spacial score (nSPS) is 13.2. The topological polar surface area (TPSA) is 47.9 Å². The van der Waals surface area contributed by atoms with E-state index in [0.29, 0.717) is 6.54 Å². The summed E-state index contributed by atoms with van der Waals surface area (Å²) in [6.45, 7) is 0.700. The van der Waals surface area contributed by atoms with Crippen LogP contribution < -0.4 is 15.1 Å². The Morgan fingerprint density at radius 3 is 2.88 bits per heavy atom. The number of amides is 2. The summed E-state index contributed by atoms with van der Waals surface area (Å²) in [5.74, 6) is 0. The van der Waals surface area contributed by atoms with Gasteiger partial charge in [0.25, 0.3) is 0 Å². The number of nitrogens with one attached hydrogen (secondary N) is 1. The molecule has 25 heavy (non-hydrogen) atoms. The Bertz CT molecular complexity index is 804. The second-order valence-electron chi connectivity index (χ2n) is 6.08. The number of nitrogens with zero attached hydrogens (tertiary/aromatic N) is 3. The van der Waals surface area contributed by atoms with Crippen LogP contribution >= 0.6 is 11.9 Å². The molecule has 0 aliphatic carbocycles. The maximum Gasteiger partial charge on any atom is 0.326 e. The molecule has 0 radical (unpaired) electrons. The maximum absolute atomic E-state index is 12.7.